The van der Waals surface area contributed by atoms with Gasteiger partial charge in [0.1, 0.15) is 0 Å². The number of amides is 1. The highest BCUT2D eigenvalue weighted by atomic mass is 16.1. The molecule has 0 radical (unpaired) electrons. The van der Waals surface area contributed by atoms with E-state index in [0.717, 1.165) is 17.9 Å². The fourth-order valence-electron chi connectivity index (χ4n) is 2.23. The number of nitrogens with one attached hydrogen (secondary N) is 1. The van der Waals surface area contributed by atoms with E-state index in [4.69, 9.17) is 0 Å². The molecule has 2 rings (SSSR count). The van der Waals surface area contributed by atoms with Gasteiger partial charge in [0.2, 0.25) is 5.91 Å². The standard InChI is InChI=1S/C14H20N2O/c1-10-5-6-12-11(9-10)15-13(17)7-8-16(12)14(2,3)4/h5-6,9H,7-8H2,1-4H3,(H,15,17). The van der Waals surface area contributed by atoms with Crippen molar-refractivity contribution in [3.05, 3.63) is 23.8 Å². The predicted molar refractivity (Wildman–Crippen MR) is 71.5 cm³/mol. The average Bonchev–Trinajstić information content (AvgIpc) is 2.34. The molecule has 1 aromatic carbocycles. The molecule has 1 aliphatic rings. The van der Waals surface area contributed by atoms with Crippen molar-refractivity contribution >= 4 is 17.3 Å². The van der Waals surface area contributed by atoms with E-state index in [1.54, 1.807) is 0 Å². The van der Waals surface area contributed by atoms with E-state index in [0.29, 0.717) is 6.42 Å². The molecule has 0 saturated carbocycles. The lowest BCUT2D eigenvalue weighted by Crippen LogP contribution is -2.42. The number of anilines is 2. The maximum absolute atomic E-state index is 11.7. The van der Waals surface area contributed by atoms with Gasteiger partial charge >= 0.3 is 0 Å². The molecular weight excluding hydrogens is 212 g/mol. The van der Waals surface area contributed by atoms with E-state index >= 15 is 0 Å². The summed E-state index contributed by atoms with van der Waals surface area (Å²) in [5, 5.41) is 2.98. The molecule has 1 N–H and O–H groups in total. The highest BCUT2D eigenvalue weighted by Crippen LogP contribution is 2.34. The lowest BCUT2D eigenvalue weighted by Gasteiger charge is -2.37. The van der Waals surface area contributed by atoms with Gasteiger partial charge < -0.3 is 10.2 Å². The number of hydrogen-bond donors (Lipinski definition) is 1. The van der Waals surface area contributed by atoms with Crippen molar-refractivity contribution < 1.29 is 4.79 Å². The zero-order valence-corrected chi connectivity index (χ0v) is 11.0. The molecule has 0 atom stereocenters. The van der Waals surface area contributed by atoms with Gasteiger partial charge in [-0.05, 0) is 45.4 Å². The van der Waals surface area contributed by atoms with Crippen LogP contribution >= 0.6 is 0 Å². The number of nitrogens with zero attached hydrogens (tertiary/aromatic N) is 1. The molecule has 0 fully saturated rings. The second-order valence-corrected chi connectivity index (χ2v) is 5.64. The van der Waals surface area contributed by atoms with Crippen molar-refractivity contribution in [2.75, 3.05) is 16.8 Å². The summed E-state index contributed by atoms with van der Waals surface area (Å²) in [6.07, 6.45) is 0.547. The van der Waals surface area contributed by atoms with Gasteiger partial charge in [0.15, 0.2) is 0 Å². The van der Waals surface area contributed by atoms with Crippen molar-refractivity contribution in [1.29, 1.82) is 0 Å². The normalized spacial score (nSPS) is 16.2. The Labute approximate surface area is 103 Å². The Bertz CT molecular complexity index is 446. The fourth-order valence-corrected chi connectivity index (χ4v) is 2.23. The molecule has 1 heterocycles. The Balaban J connectivity index is 2.50. The van der Waals surface area contributed by atoms with Gasteiger partial charge in [0.05, 0.1) is 11.4 Å². The lowest BCUT2D eigenvalue weighted by atomic mass is 10.0. The Hall–Kier alpha value is -1.51. The molecule has 3 heteroatoms. The summed E-state index contributed by atoms with van der Waals surface area (Å²) in [6.45, 7) is 9.33. The Kier molecular flexibility index (Phi) is 2.86. The summed E-state index contributed by atoms with van der Waals surface area (Å²) in [7, 11) is 0. The summed E-state index contributed by atoms with van der Waals surface area (Å²) in [6, 6.07) is 6.23. The Morgan fingerprint density at radius 3 is 2.65 bits per heavy atom. The third-order valence-corrected chi connectivity index (χ3v) is 3.09. The summed E-state index contributed by atoms with van der Waals surface area (Å²) < 4.78 is 0. The van der Waals surface area contributed by atoms with Gasteiger partial charge in [-0.1, -0.05) is 6.07 Å². The first-order valence-electron chi connectivity index (χ1n) is 6.06. The van der Waals surface area contributed by atoms with E-state index in [9.17, 15) is 4.79 Å². The molecule has 0 aliphatic carbocycles. The molecule has 1 amide bonds. The predicted octanol–water partition coefficient (Wildman–Crippen LogP) is 2.94. The minimum absolute atomic E-state index is 0.0241. The summed E-state index contributed by atoms with van der Waals surface area (Å²) >= 11 is 0. The number of aryl methyl sites for hydroxylation is 1. The van der Waals surface area contributed by atoms with E-state index in [-0.39, 0.29) is 11.4 Å². The van der Waals surface area contributed by atoms with Crippen molar-refractivity contribution in [2.45, 2.75) is 39.7 Å². The second-order valence-electron chi connectivity index (χ2n) is 5.64. The zero-order chi connectivity index (χ0) is 12.6. The minimum atomic E-state index is 0.0241. The number of carbonyl (C=O) groups is 1. The number of fused-ring (bicyclic) bond motifs is 1. The summed E-state index contributed by atoms with van der Waals surface area (Å²) in [5.74, 6) is 0.101. The van der Waals surface area contributed by atoms with Crippen LogP contribution in [0.2, 0.25) is 0 Å². The van der Waals surface area contributed by atoms with Crippen LogP contribution in [0.1, 0.15) is 32.8 Å². The van der Waals surface area contributed by atoms with Gasteiger partial charge in [0.25, 0.3) is 0 Å². The van der Waals surface area contributed by atoms with Crippen molar-refractivity contribution in [3.8, 4) is 0 Å². The molecule has 0 unspecified atom stereocenters. The number of benzene rings is 1. The van der Waals surface area contributed by atoms with Crippen molar-refractivity contribution in [2.24, 2.45) is 0 Å². The smallest absolute Gasteiger partial charge is 0.226 e. The van der Waals surface area contributed by atoms with Crippen LogP contribution in [-0.4, -0.2) is 18.0 Å². The van der Waals surface area contributed by atoms with Crippen LogP contribution in [0.25, 0.3) is 0 Å². The van der Waals surface area contributed by atoms with Crippen LogP contribution in [0, 0.1) is 6.92 Å². The number of hydrogen-bond acceptors (Lipinski definition) is 2. The first-order chi connectivity index (χ1) is 7.88. The van der Waals surface area contributed by atoms with E-state index in [2.05, 4.69) is 43.1 Å². The van der Waals surface area contributed by atoms with Gasteiger partial charge in [-0.15, -0.1) is 0 Å². The van der Waals surface area contributed by atoms with E-state index in [1.807, 2.05) is 13.0 Å². The topological polar surface area (TPSA) is 32.3 Å². The quantitative estimate of drug-likeness (QED) is 0.746. The number of rotatable bonds is 0. The highest BCUT2D eigenvalue weighted by Gasteiger charge is 2.27. The molecule has 92 valence electrons. The lowest BCUT2D eigenvalue weighted by molar-refractivity contribution is -0.116. The third-order valence-electron chi connectivity index (χ3n) is 3.09. The molecule has 0 spiro atoms. The Morgan fingerprint density at radius 1 is 1.29 bits per heavy atom. The third kappa shape index (κ3) is 2.43. The van der Waals surface area contributed by atoms with E-state index in [1.165, 1.54) is 5.56 Å². The van der Waals surface area contributed by atoms with Gasteiger partial charge in [0, 0.05) is 18.5 Å². The Morgan fingerprint density at radius 2 is 2.00 bits per heavy atom. The van der Waals surface area contributed by atoms with Gasteiger partial charge in [-0.3, -0.25) is 4.79 Å². The molecule has 0 bridgehead atoms. The van der Waals surface area contributed by atoms with Crippen LogP contribution in [-0.2, 0) is 4.79 Å². The SMILES string of the molecule is Cc1ccc2c(c1)NC(=O)CCN2C(C)(C)C. The van der Waals surface area contributed by atoms with Crippen molar-refractivity contribution in [3.63, 3.8) is 0 Å². The minimum Gasteiger partial charge on any atom is -0.364 e. The maximum atomic E-state index is 11.7. The second kappa shape index (κ2) is 4.06. The summed E-state index contributed by atoms with van der Waals surface area (Å²) in [4.78, 5) is 14.0. The molecular formula is C14H20N2O. The van der Waals surface area contributed by atoms with Crippen LogP contribution in [0.5, 0.6) is 0 Å². The molecule has 0 saturated heterocycles. The fraction of sp³-hybridized carbons (Fsp3) is 0.500. The van der Waals surface area contributed by atoms with Crippen LogP contribution < -0.4 is 10.2 Å². The number of carbonyl (C=O) groups excluding carboxylic acids is 1. The van der Waals surface area contributed by atoms with Crippen LogP contribution in [0.4, 0.5) is 11.4 Å². The van der Waals surface area contributed by atoms with E-state index < -0.39 is 0 Å². The van der Waals surface area contributed by atoms with Crippen LogP contribution in [0.15, 0.2) is 18.2 Å². The molecule has 17 heavy (non-hydrogen) atoms. The van der Waals surface area contributed by atoms with Crippen LogP contribution in [0.3, 0.4) is 0 Å². The van der Waals surface area contributed by atoms with Gasteiger partial charge in [-0.25, -0.2) is 0 Å². The molecule has 1 aromatic rings. The average molecular weight is 232 g/mol. The summed E-state index contributed by atoms with van der Waals surface area (Å²) in [5.41, 5.74) is 3.24. The van der Waals surface area contributed by atoms with Crippen molar-refractivity contribution in [1.82, 2.24) is 0 Å². The molecule has 0 aromatic heterocycles. The van der Waals surface area contributed by atoms with Gasteiger partial charge in [-0.2, -0.15) is 0 Å². The largest absolute Gasteiger partial charge is 0.364 e. The maximum Gasteiger partial charge on any atom is 0.226 e. The monoisotopic (exact) mass is 232 g/mol. The first-order valence-corrected chi connectivity index (χ1v) is 6.06. The highest BCUT2D eigenvalue weighted by molar-refractivity contribution is 5.96. The first kappa shape index (κ1) is 12.0. The zero-order valence-electron chi connectivity index (χ0n) is 11.0. The molecule has 1 aliphatic heterocycles. The molecule has 3 nitrogen and oxygen atoms in total.